The number of likely N-dealkylation sites (tertiary alicyclic amines) is 1. The second-order valence-electron chi connectivity index (χ2n) is 11.6. The van der Waals surface area contributed by atoms with Gasteiger partial charge in [-0.05, 0) is 87.9 Å². The molecule has 0 spiro atoms. The van der Waals surface area contributed by atoms with Crippen LogP contribution in [-0.2, 0) is 0 Å². The minimum absolute atomic E-state index is 0.385. The van der Waals surface area contributed by atoms with E-state index in [9.17, 15) is 15.3 Å². The number of fused-ring (bicyclic) bond motifs is 1. The minimum Gasteiger partial charge on any atom is -0.393 e. The van der Waals surface area contributed by atoms with E-state index < -0.39 is 17.8 Å². The Morgan fingerprint density at radius 2 is 1.83 bits per heavy atom. The monoisotopic (exact) mass is 417 g/mol. The molecule has 1 heterocycles. The van der Waals surface area contributed by atoms with Crippen molar-refractivity contribution in [3.63, 3.8) is 0 Å². The van der Waals surface area contributed by atoms with Gasteiger partial charge in [0.2, 0.25) is 0 Å². The lowest BCUT2D eigenvalue weighted by Gasteiger charge is -2.45. The molecule has 2 unspecified atom stereocenters. The van der Waals surface area contributed by atoms with Gasteiger partial charge in [-0.25, -0.2) is 0 Å². The number of aliphatic hydroxyl groups is 3. The topological polar surface area (TPSA) is 63.9 Å². The third-order valence-corrected chi connectivity index (χ3v) is 8.87. The van der Waals surface area contributed by atoms with Gasteiger partial charge in [-0.3, -0.25) is 0 Å². The van der Waals surface area contributed by atoms with Gasteiger partial charge in [0.25, 0.3) is 0 Å². The number of hydrogen-bond acceptors (Lipinski definition) is 4. The lowest BCUT2D eigenvalue weighted by atomic mass is 9.61. The molecular weight excluding hydrogens is 374 g/mol. The second kappa shape index (κ2) is 8.69. The molecule has 0 amide bonds. The molecule has 4 aliphatic rings. The van der Waals surface area contributed by atoms with E-state index in [4.69, 9.17) is 0 Å². The molecule has 4 nitrogen and oxygen atoms in total. The van der Waals surface area contributed by atoms with Crippen LogP contribution in [0.1, 0.15) is 78.6 Å². The van der Waals surface area contributed by atoms with Crippen LogP contribution in [0.15, 0.2) is 23.3 Å². The Balaban J connectivity index is 1.44. The van der Waals surface area contributed by atoms with Gasteiger partial charge < -0.3 is 20.2 Å². The highest BCUT2D eigenvalue weighted by Gasteiger charge is 2.51. The molecule has 1 aliphatic heterocycles. The molecule has 7 atom stereocenters. The van der Waals surface area contributed by atoms with E-state index >= 15 is 0 Å². The van der Waals surface area contributed by atoms with Gasteiger partial charge >= 0.3 is 0 Å². The van der Waals surface area contributed by atoms with Crippen LogP contribution in [0, 0.1) is 23.2 Å². The maximum absolute atomic E-state index is 10.3. The molecule has 4 heteroatoms. The van der Waals surface area contributed by atoms with E-state index in [1.165, 1.54) is 37.7 Å². The number of nitrogens with zero attached hydrogens (tertiary/aromatic N) is 1. The van der Waals surface area contributed by atoms with Crippen LogP contribution >= 0.6 is 0 Å². The largest absolute Gasteiger partial charge is 0.393 e. The first kappa shape index (κ1) is 22.5. The molecule has 170 valence electrons. The highest BCUT2D eigenvalue weighted by Crippen LogP contribution is 2.59. The SMILES string of the molecule is CC(CN1CCC(C)(O)C1)[C@H]1CC[C@H]2C(=C/C=C3/C[C@@H](O)C[C@@H](O)C3)CCC[C@]12C. The summed E-state index contributed by atoms with van der Waals surface area (Å²) < 4.78 is 0. The first-order valence-electron chi connectivity index (χ1n) is 12.4. The molecule has 0 aromatic rings. The normalized spacial score (nSPS) is 46.5. The van der Waals surface area contributed by atoms with Crippen molar-refractivity contribution >= 4 is 0 Å². The molecular formula is C26H43NO3. The zero-order chi connectivity index (χ0) is 21.5. The van der Waals surface area contributed by atoms with Crippen LogP contribution in [0.2, 0.25) is 0 Å². The molecule has 30 heavy (non-hydrogen) atoms. The molecule has 3 N–H and O–H groups in total. The maximum atomic E-state index is 10.3. The molecule has 4 rings (SSSR count). The van der Waals surface area contributed by atoms with Gasteiger partial charge in [-0.2, -0.15) is 0 Å². The smallest absolute Gasteiger partial charge is 0.0758 e. The standard InChI is InChI=1S/C26H43NO3/c1-18(16-27-12-11-25(2,30)17-27)23-8-9-24-20(5-4-10-26(23,24)3)7-6-19-13-21(28)15-22(29)14-19/h6-7,18,21-24,28-30H,4-5,8-17H2,1-3H3/b19-6-,20-7?/t18?,21-,22+,23-,24+,25?,26-/m1/s1. The summed E-state index contributed by atoms with van der Waals surface area (Å²) in [7, 11) is 0. The van der Waals surface area contributed by atoms with Gasteiger partial charge in [0.05, 0.1) is 17.8 Å². The Labute approximate surface area is 183 Å². The van der Waals surface area contributed by atoms with Crippen molar-refractivity contribution in [2.24, 2.45) is 23.2 Å². The van der Waals surface area contributed by atoms with Crippen molar-refractivity contribution < 1.29 is 15.3 Å². The summed E-state index contributed by atoms with van der Waals surface area (Å²) in [6.07, 6.45) is 13.0. The van der Waals surface area contributed by atoms with E-state index in [1.54, 1.807) is 5.57 Å². The van der Waals surface area contributed by atoms with Gasteiger partial charge in [-0.15, -0.1) is 0 Å². The van der Waals surface area contributed by atoms with Crippen LogP contribution in [0.4, 0.5) is 0 Å². The summed E-state index contributed by atoms with van der Waals surface area (Å²) >= 11 is 0. The predicted octanol–water partition coefficient (Wildman–Crippen LogP) is 4.05. The summed E-state index contributed by atoms with van der Waals surface area (Å²) in [5.41, 5.74) is 2.68. The summed E-state index contributed by atoms with van der Waals surface area (Å²) in [6.45, 7) is 9.92. The Morgan fingerprint density at radius 3 is 2.50 bits per heavy atom. The van der Waals surface area contributed by atoms with Crippen molar-refractivity contribution in [1.29, 1.82) is 0 Å². The molecule has 0 aromatic carbocycles. The first-order chi connectivity index (χ1) is 14.2. The predicted molar refractivity (Wildman–Crippen MR) is 121 cm³/mol. The highest BCUT2D eigenvalue weighted by atomic mass is 16.3. The number of aliphatic hydroxyl groups excluding tert-OH is 2. The molecule has 0 bridgehead atoms. The van der Waals surface area contributed by atoms with Gasteiger partial charge in [-0.1, -0.05) is 37.1 Å². The number of β-amino-alcohol motifs (C(OH)–C–C–N with tert-alkyl or cyclic N) is 1. The van der Waals surface area contributed by atoms with Crippen LogP contribution in [0.5, 0.6) is 0 Å². The summed E-state index contributed by atoms with van der Waals surface area (Å²) in [4.78, 5) is 2.48. The third kappa shape index (κ3) is 4.72. The number of rotatable bonds is 4. The zero-order valence-electron chi connectivity index (χ0n) is 19.3. The maximum Gasteiger partial charge on any atom is 0.0758 e. The van der Waals surface area contributed by atoms with Gasteiger partial charge in [0, 0.05) is 19.6 Å². The Hall–Kier alpha value is -0.680. The third-order valence-electron chi connectivity index (χ3n) is 8.87. The van der Waals surface area contributed by atoms with E-state index in [2.05, 4.69) is 30.9 Å². The van der Waals surface area contributed by atoms with Gasteiger partial charge in [0.1, 0.15) is 0 Å². The van der Waals surface area contributed by atoms with Crippen LogP contribution in [-0.4, -0.2) is 57.7 Å². The van der Waals surface area contributed by atoms with Crippen molar-refractivity contribution in [3.05, 3.63) is 23.3 Å². The summed E-state index contributed by atoms with van der Waals surface area (Å²) in [5.74, 6) is 2.09. The van der Waals surface area contributed by atoms with Crippen molar-refractivity contribution in [3.8, 4) is 0 Å². The molecule has 3 saturated carbocycles. The molecule has 0 aromatic heterocycles. The van der Waals surface area contributed by atoms with Crippen LogP contribution < -0.4 is 0 Å². The van der Waals surface area contributed by atoms with Gasteiger partial charge in [0.15, 0.2) is 0 Å². The molecule has 1 saturated heterocycles. The fraction of sp³-hybridized carbons (Fsp3) is 0.846. The molecule has 0 radical (unpaired) electrons. The van der Waals surface area contributed by atoms with Crippen LogP contribution in [0.3, 0.4) is 0 Å². The molecule has 4 fully saturated rings. The van der Waals surface area contributed by atoms with E-state index in [1.807, 2.05) is 6.92 Å². The lowest BCUT2D eigenvalue weighted by Crippen LogP contribution is -2.40. The minimum atomic E-state index is -0.504. The van der Waals surface area contributed by atoms with E-state index in [0.717, 1.165) is 32.0 Å². The molecule has 3 aliphatic carbocycles. The second-order valence-corrected chi connectivity index (χ2v) is 11.6. The Morgan fingerprint density at radius 1 is 1.10 bits per heavy atom. The average Bonchev–Trinajstić information content (AvgIpc) is 3.18. The quantitative estimate of drug-likeness (QED) is 0.646. The lowest BCUT2D eigenvalue weighted by molar-refractivity contribution is 0.0547. The first-order valence-corrected chi connectivity index (χ1v) is 12.4. The fourth-order valence-electron chi connectivity index (χ4n) is 7.47. The Bertz CT molecular complexity index is 672. The van der Waals surface area contributed by atoms with Crippen molar-refractivity contribution in [1.82, 2.24) is 4.90 Å². The zero-order valence-corrected chi connectivity index (χ0v) is 19.3. The highest BCUT2D eigenvalue weighted by molar-refractivity contribution is 5.26. The Kier molecular flexibility index (Phi) is 6.52. The average molecular weight is 418 g/mol. The van der Waals surface area contributed by atoms with E-state index in [0.29, 0.717) is 36.5 Å². The summed E-state index contributed by atoms with van der Waals surface area (Å²) in [5, 5.41) is 30.3. The van der Waals surface area contributed by atoms with E-state index in [-0.39, 0.29) is 0 Å². The summed E-state index contributed by atoms with van der Waals surface area (Å²) in [6, 6.07) is 0. The van der Waals surface area contributed by atoms with Crippen molar-refractivity contribution in [2.45, 2.75) is 96.4 Å². The van der Waals surface area contributed by atoms with Crippen molar-refractivity contribution in [2.75, 3.05) is 19.6 Å². The number of allylic oxidation sites excluding steroid dienone is 3. The van der Waals surface area contributed by atoms with Crippen LogP contribution in [0.25, 0.3) is 0 Å². The number of hydrogen-bond donors (Lipinski definition) is 3. The fourth-order valence-corrected chi connectivity index (χ4v) is 7.47.